The monoisotopic (exact) mass is 341 g/mol. The summed E-state index contributed by atoms with van der Waals surface area (Å²) in [6.07, 6.45) is 0.661. The van der Waals surface area contributed by atoms with Gasteiger partial charge in [-0.1, -0.05) is 20.8 Å². The Morgan fingerprint density at radius 2 is 1.17 bits per heavy atom. The molecule has 0 fully saturated rings. The van der Waals surface area contributed by atoms with Crippen molar-refractivity contribution in [3.05, 3.63) is 70.8 Å². The summed E-state index contributed by atoms with van der Waals surface area (Å²) < 4.78 is 50.2. The first-order chi connectivity index (χ1) is 11.3. The van der Waals surface area contributed by atoms with Crippen LogP contribution >= 0.6 is 0 Å². The number of nitrogens with one attached hydrogen (secondary N) is 1. The summed E-state index contributed by atoms with van der Waals surface area (Å²) in [6.45, 7) is 7.37. The van der Waals surface area contributed by atoms with Crippen LogP contribution in [-0.2, 0) is 13.0 Å². The van der Waals surface area contributed by atoms with E-state index >= 15 is 0 Å². The molecule has 0 bridgehead atoms. The van der Waals surface area contributed by atoms with Gasteiger partial charge >= 0.3 is 0 Å². The van der Waals surface area contributed by atoms with Gasteiger partial charge in [0.05, 0.1) is 0 Å². The highest BCUT2D eigenvalue weighted by atomic mass is 19.1. The van der Waals surface area contributed by atoms with Gasteiger partial charge in [0.1, 0.15) is 23.3 Å². The molecule has 0 unspecified atom stereocenters. The maximum atomic E-state index is 12.7. The van der Waals surface area contributed by atoms with Gasteiger partial charge in [-0.2, -0.15) is 0 Å². The Hall–Kier alpha value is -1.88. The van der Waals surface area contributed by atoms with Crippen molar-refractivity contribution < 1.29 is 17.6 Å². The summed E-state index contributed by atoms with van der Waals surface area (Å²) >= 11 is 0. The maximum absolute atomic E-state index is 12.7. The zero-order chi connectivity index (χ0) is 18.1. The lowest BCUT2D eigenvalue weighted by molar-refractivity contribution is 0.543. The first kappa shape index (κ1) is 20.2. The first-order valence-corrected chi connectivity index (χ1v) is 7.90. The van der Waals surface area contributed by atoms with Crippen molar-refractivity contribution in [1.82, 2.24) is 5.32 Å². The number of hydrogen-bond donors (Lipinski definition) is 1. The third kappa shape index (κ3) is 8.11. The van der Waals surface area contributed by atoms with Crippen LogP contribution < -0.4 is 5.32 Å². The van der Waals surface area contributed by atoms with Crippen molar-refractivity contribution in [2.75, 3.05) is 6.54 Å². The molecule has 2 rings (SSSR count). The summed E-state index contributed by atoms with van der Waals surface area (Å²) in [7, 11) is 0. The minimum absolute atomic E-state index is 0.503. The molecule has 1 N–H and O–H groups in total. The van der Waals surface area contributed by atoms with Gasteiger partial charge in [-0.25, -0.2) is 17.6 Å². The molecule has 0 saturated heterocycles. The van der Waals surface area contributed by atoms with Crippen molar-refractivity contribution in [3.63, 3.8) is 0 Å². The fourth-order valence-electron chi connectivity index (χ4n) is 2.03. The predicted octanol–water partition coefficient (Wildman–Crippen LogP) is 5.24. The van der Waals surface area contributed by atoms with Gasteiger partial charge in [-0.05, 0) is 54.3 Å². The lowest BCUT2D eigenvalue weighted by Gasteiger charge is -2.07. The van der Waals surface area contributed by atoms with E-state index in [0.29, 0.717) is 30.0 Å². The van der Waals surface area contributed by atoms with Crippen LogP contribution in [0.3, 0.4) is 0 Å². The molecule has 0 amide bonds. The van der Waals surface area contributed by atoms with E-state index in [4.69, 9.17) is 0 Å². The molecule has 0 spiro atoms. The van der Waals surface area contributed by atoms with Gasteiger partial charge in [0.15, 0.2) is 0 Å². The van der Waals surface area contributed by atoms with Gasteiger partial charge in [0.2, 0.25) is 0 Å². The second-order valence-electron chi connectivity index (χ2n) is 5.93. The van der Waals surface area contributed by atoms with E-state index in [2.05, 4.69) is 19.2 Å². The zero-order valence-corrected chi connectivity index (χ0v) is 14.2. The number of rotatable bonds is 5. The van der Waals surface area contributed by atoms with Crippen LogP contribution in [0.2, 0.25) is 0 Å². The molecule has 5 heteroatoms. The molecule has 0 aromatic heterocycles. The van der Waals surface area contributed by atoms with Gasteiger partial charge in [-0.3, -0.25) is 0 Å². The minimum atomic E-state index is -0.522. The van der Waals surface area contributed by atoms with Gasteiger partial charge in [0.25, 0.3) is 0 Å². The van der Waals surface area contributed by atoms with E-state index in [1.807, 2.05) is 6.92 Å². The van der Waals surface area contributed by atoms with Gasteiger partial charge < -0.3 is 5.32 Å². The maximum Gasteiger partial charge on any atom is 0.126 e. The second-order valence-corrected chi connectivity index (χ2v) is 5.93. The SMILES string of the molecule is CC(C)CNCc1cc(F)cc(F)c1.CCc1cc(F)cc(F)c1. The van der Waals surface area contributed by atoms with Crippen LogP contribution in [0.5, 0.6) is 0 Å². The fourth-order valence-corrected chi connectivity index (χ4v) is 2.03. The third-order valence-corrected chi connectivity index (χ3v) is 3.13. The van der Waals surface area contributed by atoms with Crippen molar-refractivity contribution in [2.45, 2.75) is 33.7 Å². The van der Waals surface area contributed by atoms with Crippen LogP contribution in [0, 0.1) is 29.2 Å². The van der Waals surface area contributed by atoms with Crippen LogP contribution in [0.15, 0.2) is 36.4 Å². The van der Waals surface area contributed by atoms with Crippen molar-refractivity contribution in [3.8, 4) is 0 Å². The molecule has 0 atom stereocenters. The Bertz CT molecular complexity index is 601. The molecular weight excluding hydrogens is 318 g/mol. The number of hydrogen-bond acceptors (Lipinski definition) is 1. The Labute approximate surface area is 140 Å². The van der Waals surface area contributed by atoms with Gasteiger partial charge in [0, 0.05) is 18.7 Å². The third-order valence-electron chi connectivity index (χ3n) is 3.13. The molecule has 0 aliphatic carbocycles. The molecule has 0 aliphatic rings. The highest BCUT2D eigenvalue weighted by Crippen LogP contribution is 2.08. The van der Waals surface area contributed by atoms with E-state index in [1.165, 1.54) is 24.3 Å². The molecule has 2 aromatic carbocycles. The van der Waals surface area contributed by atoms with Crippen LogP contribution in [0.25, 0.3) is 0 Å². The van der Waals surface area contributed by atoms with E-state index in [1.54, 1.807) is 0 Å². The van der Waals surface area contributed by atoms with E-state index < -0.39 is 23.3 Å². The number of aryl methyl sites for hydroxylation is 1. The molecule has 0 aliphatic heterocycles. The standard InChI is InChI=1S/C11H15F2N.C8H8F2/c1-8(2)6-14-7-9-3-10(12)5-11(13)4-9;1-2-6-3-7(9)5-8(10)4-6/h3-5,8,14H,6-7H2,1-2H3;3-5H,2H2,1H3. The molecule has 0 saturated carbocycles. The zero-order valence-electron chi connectivity index (χ0n) is 14.2. The lowest BCUT2D eigenvalue weighted by atomic mass is 10.2. The Kier molecular flexibility index (Phi) is 8.47. The lowest BCUT2D eigenvalue weighted by Crippen LogP contribution is -2.19. The summed E-state index contributed by atoms with van der Waals surface area (Å²) in [5.41, 5.74) is 1.33. The topological polar surface area (TPSA) is 12.0 Å². The second kappa shape index (κ2) is 10.1. The average Bonchev–Trinajstić information content (AvgIpc) is 2.45. The summed E-state index contributed by atoms with van der Waals surface area (Å²) in [6, 6.07) is 7.12. The van der Waals surface area contributed by atoms with Crippen molar-refractivity contribution >= 4 is 0 Å². The summed E-state index contributed by atoms with van der Waals surface area (Å²) in [5, 5.41) is 3.12. The summed E-state index contributed by atoms with van der Waals surface area (Å²) in [5.74, 6) is -1.51. The smallest absolute Gasteiger partial charge is 0.126 e. The Balaban J connectivity index is 0.000000254. The van der Waals surface area contributed by atoms with Crippen LogP contribution in [-0.4, -0.2) is 6.54 Å². The largest absolute Gasteiger partial charge is 0.312 e. The van der Waals surface area contributed by atoms with Crippen LogP contribution in [0.4, 0.5) is 17.6 Å². The molecule has 24 heavy (non-hydrogen) atoms. The van der Waals surface area contributed by atoms with Crippen LogP contribution in [0.1, 0.15) is 31.9 Å². The average molecular weight is 341 g/mol. The Morgan fingerprint density at radius 1 is 0.750 bits per heavy atom. The highest BCUT2D eigenvalue weighted by Gasteiger charge is 2.00. The minimum Gasteiger partial charge on any atom is -0.312 e. The highest BCUT2D eigenvalue weighted by molar-refractivity contribution is 5.18. The molecular formula is C19H23F4N. The predicted molar refractivity (Wildman–Crippen MR) is 88.6 cm³/mol. The fraction of sp³-hybridized carbons (Fsp3) is 0.368. The summed E-state index contributed by atoms with van der Waals surface area (Å²) in [4.78, 5) is 0. The molecule has 0 radical (unpaired) electrons. The van der Waals surface area contributed by atoms with Crippen molar-refractivity contribution in [1.29, 1.82) is 0 Å². The molecule has 132 valence electrons. The van der Waals surface area contributed by atoms with E-state index in [9.17, 15) is 17.6 Å². The number of benzene rings is 2. The normalized spacial score (nSPS) is 10.5. The van der Waals surface area contributed by atoms with Gasteiger partial charge in [-0.15, -0.1) is 0 Å². The molecule has 2 aromatic rings. The molecule has 0 heterocycles. The van der Waals surface area contributed by atoms with E-state index in [0.717, 1.165) is 18.7 Å². The quantitative estimate of drug-likeness (QED) is 0.734. The van der Waals surface area contributed by atoms with Crippen molar-refractivity contribution in [2.24, 2.45) is 5.92 Å². The number of halogens is 4. The first-order valence-electron chi connectivity index (χ1n) is 7.90. The van der Waals surface area contributed by atoms with E-state index in [-0.39, 0.29) is 0 Å². The Morgan fingerprint density at radius 3 is 1.54 bits per heavy atom. The molecule has 1 nitrogen and oxygen atoms in total.